The van der Waals surface area contributed by atoms with Crippen LogP contribution in [0.15, 0.2) is 41.2 Å². The van der Waals surface area contributed by atoms with Crippen LogP contribution in [0.4, 0.5) is 5.69 Å². The van der Waals surface area contributed by atoms with E-state index in [4.69, 9.17) is 10.5 Å². The van der Waals surface area contributed by atoms with Crippen LogP contribution in [0, 0.1) is 11.3 Å². The van der Waals surface area contributed by atoms with Crippen LogP contribution >= 0.6 is 0 Å². The summed E-state index contributed by atoms with van der Waals surface area (Å²) in [5.41, 5.74) is 10.3. The molecule has 2 aromatic carbocycles. The summed E-state index contributed by atoms with van der Waals surface area (Å²) < 4.78 is 8.72. The molecule has 3 heterocycles. The monoisotopic (exact) mass is 474 g/mol. The van der Waals surface area contributed by atoms with Crippen molar-refractivity contribution in [3.63, 3.8) is 0 Å². The predicted molar refractivity (Wildman–Crippen MR) is 134 cm³/mol. The van der Waals surface area contributed by atoms with E-state index in [-0.39, 0.29) is 24.2 Å². The SMILES string of the molecule is Cn1c(=O)n(Cc2ccccc2C#N)c2c(N3CCC[C@@H](N)C3)cc(C(=O)N3CCOCC3)cc21. The van der Waals surface area contributed by atoms with E-state index in [9.17, 15) is 14.9 Å². The van der Waals surface area contributed by atoms with Gasteiger partial charge >= 0.3 is 5.69 Å². The van der Waals surface area contributed by atoms with Gasteiger partial charge in [0.05, 0.1) is 48.1 Å². The Kier molecular flexibility index (Phi) is 6.32. The molecule has 0 unspecified atom stereocenters. The number of fused-ring (bicyclic) bond motifs is 1. The number of rotatable bonds is 4. The molecule has 5 rings (SSSR count). The Morgan fingerprint density at radius 3 is 2.71 bits per heavy atom. The molecular formula is C26H30N6O3. The van der Waals surface area contributed by atoms with Gasteiger partial charge in [0.15, 0.2) is 0 Å². The molecule has 2 aliphatic heterocycles. The molecule has 1 aromatic heterocycles. The number of hydrogen-bond donors (Lipinski definition) is 1. The van der Waals surface area contributed by atoms with Crippen LogP contribution in [0.2, 0.25) is 0 Å². The highest BCUT2D eigenvalue weighted by Gasteiger charge is 2.27. The van der Waals surface area contributed by atoms with E-state index < -0.39 is 0 Å². The lowest BCUT2D eigenvalue weighted by Gasteiger charge is -2.34. The zero-order chi connectivity index (χ0) is 24.5. The largest absolute Gasteiger partial charge is 0.378 e. The molecule has 0 bridgehead atoms. The second-order valence-electron chi connectivity index (χ2n) is 9.31. The van der Waals surface area contributed by atoms with E-state index >= 15 is 0 Å². The van der Waals surface area contributed by atoms with Gasteiger partial charge in [0.2, 0.25) is 0 Å². The number of ether oxygens (including phenoxy) is 1. The van der Waals surface area contributed by atoms with Crippen molar-refractivity contribution in [2.75, 3.05) is 44.3 Å². The third-order valence-corrected chi connectivity index (χ3v) is 7.03. The summed E-state index contributed by atoms with van der Waals surface area (Å²) in [4.78, 5) is 30.9. The van der Waals surface area contributed by atoms with E-state index in [0.29, 0.717) is 49.5 Å². The van der Waals surface area contributed by atoms with Crippen molar-refractivity contribution < 1.29 is 9.53 Å². The normalized spacial score (nSPS) is 18.6. The number of nitrogens with zero attached hydrogens (tertiary/aromatic N) is 5. The molecule has 9 nitrogen and oxygen atoms in total. The summed E-state index contributed by atoms with van der Waals surface area (Å²) in [5, 5.41) is 9.58. The highest BCUT2D eigenvalue weighted by atomic mass is 16.5. The summed E-state index contributed by atoms with van der Waals surface area (Å²) in [7, 11) is 1.73. The summed E-state index contributed by atoms with van der Waals surface area (Å²) in [5.74, 6) is -0.0622. The predicted octanol–water partition coefficient (Wildman–Crippen LogP) is 1.66. The second-order valence-corrected chi connectivity index (χ2v) is 9.31. The Hall–Kier alpha value is -3.61. The van der Waals surface area contributed by atoms with E-state index in [1.807, 2.05) is 30.3 Å². The molecule has 35 heavy (non-hydrogen) atoms. The fraction of sp³-hybridized carbons (Fsp3) is 0.423. The number of aromatic nitrogens is 2. The van der Waals surface area contributed by atoms with Gasteiger partial charge in [-0.3, -0.25) is 13.9 Å². The first kappa shape index (κ1) is 23.1. The first-order valence-electron chi connectivity index (χ1n) is 12.1. The molecule has 1 amide bonds. The third kappa shape index (κ3) is 4.31. The Bertz CT molecular complexity index is 1360. The first-order valence-corrected chi connectivity index (χ1v) is 12.1. The van der Waals surface area contributed by atoms with Crippen molar-refractivity contribution in [3.8, 4) is 6.07 Å². The standard InChI is InChI=1S/C26H30N6O3/c1-29-22-13-20(25(33)30-9-11-35-12-10-30)14-23(31-8-4-7-21(28)17-31)24(22)32(26(29)34)16-19-6-3-2-5-18(19)15-27/h2-3,5-6,13-14,21H,4,7-12,16-17,28H2,1H3/t21-/m1/s1. The first-order chi connectivity index (χ1) is 17.0. The number of aryl methyl sites for hydroxylation is 1. The van der Waals surface area contributed by atoms with Crippen LogP contribution in [0.5, 0.6) is 0 Å². The van der Waals surface area contributed by atoms with Gasteiger partial charge in [0.25, 0.3) is 5.91 Å². The fourth-order valence-electron chi connectivity index (χ4n) is 5.14. The van der Waals surface area contributed by atoms with Crippen LogP contribution in [-0.4, -0.2) is 65.4 Å². The molecule has 2 saturated heterocycles. The Balaban J connectivity index is 1.68. The number of imidazole rings is 1. The minimum atomic E-state index is -0.189. The van der Waals surface area contributed by atoms with Crippen LogP contribution in [-0.2, 0) is 18.3 Å². The maximum Gasteiger partial charge on any atom is 0.329 e. The van der Waals surface area contributed by atoms with Gasteiger partial charge in [-0.2, -0.15) is 5.26 Å². The molecule has 182 valence electrons. The zero-order valence-electron chi connectivity index (χ0n) is 19.9. The van der Waals surface area contributed by atoms with E-state index in [2.05, 4.69) is 11.0 Å². The number of benzene rings is 2. The van der Waals surface area contributed by atoms with Crippen molar-refractivity contribution >= 4 is 22.6 Å². The molecule has 3 aromatic rings. The molecule has 0 radical (unpaired) electrons. The maximum atomic E-state index is 13.5. The summed E-state index contributed by atoms with van der Waals surface area (Å²) in [6.07, 6.45) is 1.89. The number of carbonyl (C=O) groups is 1. The van der Waals surface area contributed by atoms with Crippen molar-refractivity contribution in [3.05, 3.63) is 63.6 Å². The molecule has 0 spiro atoms. The van der Waals surface area contributed by atoms with Gasteiger partial charge in [0, 0.05) is 44.8 Å². The second kappa shape index (κ2) is 9.56. The molecule has 0 aliphatic carbocycles. The van der Waals surface area contributed by atoms with Gasteiger partial charge in [0.1, 0.15) is 0 Å². The Morgan fingerprint density at radius 2 is 1.97 bits per heavy atom. The Morgan fingerprint density at radius 1 is 1.20 bits per heavy atom. The molecular weight excluding hydrogens is 444 g/mol. The van der Waals surface area contributed by atoms with E-state index in [1.54, 1.807) is 27.1 Å². The van der Waals surface area contributed by atoms with Crippen LogP contribution in [0.1, 0.15) is 34.3 Å². The highest BCUT2D eigenvalue weighted by Crippen LogP contribution is 2.31. The molecule has 9 heteroatoms. The summed E-state index contributed by atoms with van der Waals surface area (Å²) in [6.45, 7) is 3.86. The summed E-state index contributed by atoms with van der Waals surface area (Å²) >= 11 is 0. The van der Waals surface area contributed by atoms with Crippen LogP contribution in [0.3, 0.4) is 0 Å². The van der Waals surface area contributed by atoms with Gasteiger partial charge in [-0.15, -0.1) is 0 Å². The number of morpholine rings is 1. The van der Waals surface area contributed by atoms with Crippen molar-refractivity contribution in [1.82, 2.24) is 14.0 Å². The van der Waals surface area contributed by atoms with Gasteiger partial charge in [-0.05, 0) is 36.6 Å². The molecule has 1 atom stereocenters. The number of nitriles is 1. The number of hydrogen-bond acceptors (Lipinski definition) is 6. The third-order valence-electron chi connectivity index (χ3n) is 7.03. The van der Waals surface area contributed by atoms with Crippen molar-refractivity contribution in [2.45, 2.75) is 25.4 Å². The lowest BCUT2D eigenvalue weighted by molar-refractivity contribution is 0.0303. The lowest BCUT2D eigenvalue weighted by Crippen LogP contribution is -2.43. The smallest absolute Gasteiger partial charge is 0.329 e. The molecule has 2 N–H and O–H groups in total. The van der Waals surface area contributed by atoms with Crippen LogP contribution in [0.25, 0.3) is 11.0 Å². The van der Waals surface area contributed by atoms with Crippen LogP contribution < -0.4 is 16.3 Å². The number of amides is 1. The van der Waals surface area contributed by atoms with E-state index in [1.165, 1.54) is 0 Å². The van der Waals surface area contributed by atoms with Gasteiger partial charge in [-0.1, -0.05) is 18.2 Å². The highest BCUT2D eigenvalue weighted by molar-refractivity contribution is 6.02. The zero-order valence-corrected chi connectivity index (χ0v) is 19.9. The van der Waals surface area contributed by atoms with Crippen molar-refractivity contribution in [1.29, 1.82) is 5.26 Å². The lowest BCUT2D eigenvalue weighted by atomic mass is 10.0. The average molecular weight is 475 g/mol. The van der Waals surface area contributed by atoms with Crippen molar-refractivity contribution in [2.24, 2.45) is 12.8 Å². The number of carbonyl (C=O) groups excluding carboxylic acids is 1. The maximum absolute atomic E-state index is 13.5. The number of anilines is 1. The molecule has 0 saturated carbocycles. The molecule has 2 aliphatic rings. The van der Waals surface area contributed by atoms with E-state index in [0.717, 1.165) is 36.2 Å². The van der Waals surface area contributed by atoms with Gasteiger partial charge in [-0.25, -0.2) is 4.79 Å². The molecule has 2 fully saturated rings. The quantitative estimate of drug-likeness (QED) is 0.616. The number of nitrogens with two attached hydrogens (primary N) is 1. The topological polar surface area (TPSA) is 110 Å². The fourth-order valence-corrected chi connectivity index (χ4v) is 5.14. The average Bonchev–Trinajstić information content (AvgIpc) is 3.13. The minimum Gasteiger partial charge on any atom is -0.378 e. The van der Waals surface area contributed by atoms with Gasteiger partial charge < -0.3 is 20.3 Å². The Labute approximate surface area is 203 Å². The minimum absolute atomic E-state index is 0.0283. The summed E-state index contributed by atoms with van der Waals surface area (Å²) in [6, 6.07) is 13.3. The number of piperidine rings is 1.